The molecule has 2 aromatic rings. The van der Waals surface area contributed by atoms with E-state index in [1.165, 1.54) is 5.56 Å². The molecule has 0 unspecified atom stereocenters. The fourth-order valence-corrected chi connectivity index (χ4v) is 1.82. The van der Waals surface area contributed by atoms with Crippen molar-refractivity contribution >= 4 is 21.8 Å². The molecule has 0 bridgehead atoms. The molecule has 0 spiro atoms. The Balaban J connectivity index is 1.82. The summed E-state index contributed by atoms with van der Waals surface area (Å²) in [4.78, 5) is 15.7. The highest BCUT2D eigenvalue weighted by Crippen LogP contribution is 2.10. The van der Waals surface area contributed by atoms with Gasteiger partial charge in [0.25, 0.3) is 5.91 Å². The first-order valence-corrected chi connectivity index (χ1v) is 6.49. The summed E-state index contributed by atoms with van der Waals surface area (Å²) in [6, 6.07) is 13.4. The maximum Gasteiger partial charge on any atom is 0.269 e. The average Bonchev–Trinajstić information content (AvgIpc) is 2.42. The number of halogens is 1. The van der Waals surface area contributed by atoms with Gasteiger partial charge < -0.3 is 5.32 Å². The Morgan fingerprint density at radius 1 is 1.17 bits per heavy atom. The highest BCUT2D eigenvalue weighted by molar-refractivity contribution is 9.10. The molecule has 4 heteroatoms. The first kappa shape index (κ1) is 12.8. The van der Waals surface area contributed by atoms with Crippen LogP contribution in [0.5, 0.6) is 0 Å². The van der Waals surface area contributed by atoms with Crippen LogP contribution in [-0.4, -0.2) is 17.4 Å². The Morgan fingerprint density at radius 3 is 2.61 bits per heavy atom. The molecule has 0 saturated heterocycles. The summed E-state index contributed by atoms with van der Waals surface area (Å²) in [5.74, 6) is -0.132. The van der Waals surface area contributed by atoms with Gasteiger partial charge in [-0.25, -0.2) is 0 Å². The van der Waals surface area contributed by atoms with Crippen LogP contribution in [0.15, 0.2) is 53.1 Å². The van der Waals surface area contributed by atoms with Crippen LogP contribution >= 0.6 is 15.9 Å². The first-order chi connectivity index (χ1) is 8.75. The van der Waals surface area contributed by atoms with Crippen LogP contribution in [0.3, 0.4) is 0 Å². The summed E-state index contributed by atoms with van der Waals surface area (Å²) in [7, 11) is 0. The molecule has 1 aromatic heterocycles. The van der Waals surface area contributed by atoms with E-state index in [0.29, 0.717) is 12.2 Å². The molecule has 0 fully saturated rings. The zero-order valence-corrected chi connectivity index (χ0v) is 11.4. The van der Waals surface area contributed by atoms with Crippen molar-refractivity contribution in [3.05, 3.63) is 64.4 Å². The van der Waals surface area contributed by atoms with Gasteiger partial charge in [-0.15, -0.1) is 0 Å². The summed E-state index contributed by atoms with van der Waals surface area (Å²) in [6.07, 6.45) is 2.43. The van der Waals surface area contributed by atoms with Gasteiger partial charge >= 0.3 is 0 Å². The number of carbonyl (C=O) groups is 1. The van der Waals surface area contributed by atoms with Crippen LogP contribution < -0.4 is 5.32 Å². The number of carbonyl (C=O) groups excluding carboxylic acids is 1. The van der Waals surface area contributed by atoms with Crippen LogP contribution in [0.25, 0.3) is 0 Å². The highest BCUT2D eigenvalue weighted by Gasteiger charge is 2.04. The molecule has 1 aromatic carbocycles. The summed E-state index contributed by atoms with van der Waals surface area (Å²) < 4.78 is 1.06. The maximum absolute atomic E-state index is 11.7. The first-order valence-electron chi connectivity index (χ1n) is 5.69. The number of pyridine rings is 1. The van der Waals surface area contributed by atoms with Crippen molar-refractivity contribution in [2.24, 2.45) is 0 Å². The second-order valence-corrected chi connectivity index (χ2v) is 4.76. The molecule has 0 aliphatic rings. The average molecular weight is 305 g/mol. The van der Waals surface area contributed by atoms with Gasteiger partial charge in [-0.05, 0) is 36.2 Å². The molecular weight excluding hydrogens is 292 g/mol. The van der Waals surface area contributed by atoms with Gasteiger partial charge in [0, 0.05) is 17.2 Å². The number of aromatic nitrogens is 1. The van der Waals surface area contributed by atoms with Gasteiger partial charge in [-0.1, -0.05) is 34.1 Å². The van der Waals surface area contributed by atoms with Crippen LogP contribution in [-0.2, 0) is 6.42 Å². The van der Waals surface area contributed by atoms with Gasteiger partial charge in [0.2, 0.25) is 0 Å². The van der Waals surface area contributed by atoms with E-state index in [0.717, 1.165) is 10.9 Å². The fourth-order valence-electron chi connectivity index (χ4n) is 1.56. The molecule has 92 valence electrons. The Bertz CT molecular complexity index is 511. The van der Waals surface area contributed by atoms with Gasteiger partial charge in [0.05, 0.1) is 0 Å². The number of rotatable bonds is 4. The highest BCUT2D eigenvalue weighted by atomic mass is 79.9. The van der Waals surface area contributed by atoms with Crippen LogP contribution in [0.4, 0.5) is 0 Å². The van der Waals surface area contributed by atoms with Crippen molar-refractivity contribution in [2.45, 2.75) is 6.42 Å². The van der Waals surface area contributed by atoms with E-state index in [9.17, 15) is 4.79 Å². The molecule has 3 nitrogen and oxygen atoms in total. The zero-order chi connectivity index (χ0) is 12.8. The normalized spacial score (nSPS) is 10.1. The molecule has 0 radical (unpaired) electrons. The molecule has 0 atom stereocenters. The number of hydrogen-bond acceptors (Lipinski definition) is 2. The third-order valence-electron chi connectivity index (χ3n) is 2.51. The predicted molar refractivity (Wildman–Crippen MR) is 74.4 cm³/mol. The van der Waals surface area contributed by atoms with E-state index in [1.807, 2.05) is 24.3 Å². The Kier molecular flexibility index (Phi) is 4.47. The maximum atomic E-state index is 11.7. The smallest absolute Gasteiger partial charge is 0.269 e. The van der Waals surface area contributed by atoms with Crippen molar-refractivity contribution in [2.75, 3.05) is 6.54 Å². The number of hydrogen-bond donors (Lipinski definition) is 1. The number of nitrogens with zero attached hydrogens (tertiary/aromatic N) is 1. The van der Waals surface area contributed by atoms with Crippen LogP contribution in [0, 0.1) is 0 Å². The predicted octanol–water partition coefficient (Wildman–Crippen LogP) is 2.82. The van der Waals surface area contributed by atoms with E-state index in [4.69, 9.17) is 0 Å². The summed E-state index contributed by atoms with van der Waals surface area (Å²) in [5, 5.41) is 2.85. The van der Waals surface area contributed by atoms with Gasteiger partial charge in [-0.2, -0.15) is 0 Å². The van der Waals surface area contributed by atoms with Crippen molar-refractivity contribution in [1.29, 1.82) is 0 Å². The topological polar surface area (TPSA) is 42.0 Å². The van der Waals surface area contributed by atoms with Crippen molar-refractivity contribution in [3.63, 3.8) is 0 Å². The zero-order valence-electron chi connectivity index (χ0n) is 9.77. The van der Waals surface area contributed by atoms with E-state index in [1.54, 1.807) is 24.4 Å². The summed E-state index contributed by atoms with van der Waals surface area (Å²) >= 11 is 3.39. The minimum Gasteiger partial charge on any atom is -0.350 e. The van der Waals surface area contributed by atoms with Gasteiger partial charge in [0.15, 0.2) is 0 Å². The summed E-state index contributed by atoms with van der Waals surface area (Å²) in [5.41, 5.74) is 1.65. The van der Waals surface area contributed by atoms with E-state index < -0.39 is 0 Å². The van der Waals surface area contributed by atoms with E-state index in [2.05, 4.69) is 26.2 Å². The number of nitrogens with one attached hydrogen (secondary N) is 1. The second kappa shape index (κ2) is 6.31. The third kappa shape index (κ3) is 3.67. The molecule has 0 saturated carbocycles. The third-order valence-corrected chi connectivity index (χ3v) is 3.04. The molecule has 1 N–H and O–H groups in total. The van der Waals surface area contributed by atoms with Crippen LogP contribution in [0.1, 0.15) is 16.1 Å². The monoisotopic (exact) mass is 304 g/mol. The lowest BCUT2D eigenvalue weighted by Crippen LogP contribution is -2.26. The Labute approximate surface area is 114 Å². The van der Waals surface area contributed by atoms with Gasteiger partial charge in [-0.3, -0.25) is 9.78 Å². The minimum absolute atomic E-state index is 0.132. The fraction of sp³-hybridized carbons (Fsp3) is 0.143. The second-order valence-electron chi connectivity index (χ2n) is 3.85. The SMILES string of the molecule is O=C(NCCc1ccc(Br)cc1)c1ccccn1. The molecule has 18 heavy (non-hydrogen) atoms. The van der Waals surface area contributed by atoms with Crippen molar-refractivity contribution in [1.82, 2.24) is 10.3 Å². The lowest BCUT2D eigenvalue weighted by atomic mass is 10.1. The Hall–Kier alpha value is -1.68. The number of amides is 1. The molecule has 0 aliphatic carbocycles. The van der Waals surface area contributed by atoms with Crippen molar-refractivity contribution in [3.8, 4) is 0 Å². The molecule has 1 amide bonds. The van der Waals surface area contributed by atoms with Crippen molar-refractivity contribution < 1.29 is 4.79 Å². The minimum atomic E-state index is -0.132. The van der Waals surface area contributed by atoms with E-state index in [-0.39, 0.29) is 5.91 Å². The quantitative estimate of drug-likeness (QED) is 0.944. The van der Waals surface area contributed by atoms with Crippen LogP contribution in [0.2, 0.25) is 0 Å². The standard InChI is InChI=1S/C14H13BrN2O/c15-12-6-4-11(5-7-12)8-10-17-14(18)13-3-1-2-9-16-13/h1-7,9H,8,10H2,(H,17,18). The lowest BCUT2D eigenvalue weighted by Gasteiger charge is -2.04. The summed E-state index contributed by atoms with van der Waals surface area (Å²) in [6.45, 7) is 0.608. The lowest BCUT2D eigenvalue weighted by molar-refractivity contribution is 0.0949. The molecule has 0 aliphatic heterocycles. The van der Waals surface area contributed by atoms with E-state index >= 15 is 0 Å². The molecule has 1 heterocycles. The molecule has 2 rings (SSSR count). The largest absolute Gasteiger partial charge is 0.350 e. The number of benzene rings is 1. The van der Waals surface area contributed by atoms with Gasteiger partial charge in [0.1, 0.15) is 5.69 Å². The molecular formula is C14H13BrN2O. The Morgan fingerprint density at radius 2 is 1.94 bits per heavy atom.